The van der Waals surface area contributed by atoms with Crippen LogP contribution in [0.5, 0.6) is 11.5 Å². The number of hydrogen-bond donors (Lipinski definition) is 3. The van der Waals surface area contributed by atoms with Gasteiger partial charge in [0.05, 0.1) is 13.1 Å². The lowest BCUT2D eigenvalue weighted by Crippen LogP contribution is -2.37. The fourth-order valence-electron chi connectivity index (χ4n) is 1.65. The summed E-state index contributed by atoms with van der Waals surface area (Å²) in [6.07, 6.45) is 0.862. The molecule has 0 atom stereocenters. The number of phenolic OH excluding ortho intramolecular Hbond substituents is 2. The van der Waals surface area contributed by atoms with Crippen LogP contribution in [0.4, 0.5) is 0 Å². The summed E-state index contributed by atoms with van der Waals surface area (Å²) in [5.41, 5.74) is 0.293. The Hall–Kier alpha value is -2.08. The number of rotatable bonds is 7. The van der Waals surface area contributed by atoms with Crippen LogP contribution < -0.4 is 5.32 Å². The molecule has 6 nitrogen and oxygen atoms in total. The van der Waals surface area contributed by atoms with E-state index >= 15 is 0 Å². The molecule has 0 aliphatic heterocycles. The van der Waals surface area contributed by atoms with Crippen molar-refractivity contribution in [2.45, 2.75) is 13.3 Å². The maximum atomic E-state index is 11.9. The highest BCUT2D eigenvalue weighted by molar-refractivity contribution is 5.98. The van der Waals surface area contributed by atoms with Crippen molar-refractivity contribution in [2.24, 2.45) is 0 Å². The first-order valence-corrected chi connectivity index (χ1v) is 6.44. The summed E-state index contributed by atoms with van der Waals surface area (Å²) in [4.78, 5) is 25.0. The minimum atomic E-state index is -0.334. The molecule has 0 aromatic heterocycles. The zero-order valence-corrected chi connectivity index (χ0v) is 11.7. The molecule has 20 heavy (non-hydrogen) atoms. The molecule has 0 saturated heterocycles. The molecular weight excluding hydrogens is 260 g/mol. The molecular formula is C14H20N2O4. The van der Waals surface area contributed by atoms with Gasteiger partial charge in [-0.2, -0.15) is 0 Å². The molecule has 0 bridgehead atoms. The minimum Gasteiger partial charge on any atom is -0.504 e. The third kappa shape index (κ3) is 4.89. The van der Waals surface area contributed by atoms with Gasteiger partial charge in [-0.1, -0.05) is 6.92 Å². The number of amides is 1. The largest absolute Gasteiger partial charge is 0.504 e. The van der Waals surface area contributed by atoms with Gasteiger partial charge in [0, 0.05) is 12.1 Å². The van der Waals surface area contributed by atoms with Gasteiger partial charge < -0.3 is 15.5 Å². The number of carbonyl (C=O) groups excluding carboxylic acids is 2. The summed E-state index contributed by atoms with van der Waals surface area (Å²) in [5.74, 6) is -0.963. The van der Waals surface area contributed by atoms with Gasteiger partial charge in [-0.05, 0) is 31.7 Å². The molecule has 0 spiro atoms. The van der Waals surface area contributed by atoms with Crippen molar-refractivity contribution < 1.29 is 19.8 Å². The van der Waals surface area contributed by atoms with Gasteiger partial charge in [-0.3, -0.25) is 14.5 Å². The summed E-state index contributed by atoms with van der Waals surface area (Å²) in [6, 6.07) is 3.90. The van der Waals surface area contributed by atoms with Crippen molar-refractivity contribution >= 4 is 11.7 Å². The summed E-state index contributed by atoms with van der Waals surface area (Å²) >= 11 is 0. The molecule has 6 heteroatoms. The van der Waals surface area contributed by atoms with Crippen LogP contribution in [-0.4, -0.2) is 53.5 Å². The van der Waals surface area contributed by atoms with Crippen LogP contribution in [0.2, 0.25) is 0 Å². The lowest BCUT2D eigenvalue weighted by molar-refractivity contribution is -0.121. The van der Waals surface area contributed by atoms with E-state index in [9.17, 15) is 19.8 Å². The zero-order chi connectivity index (χ0) is 15.1. The molecule has 1 aromatic rings. The van der Waals surface area contributed by atoms with E-state index in [1.54, 1.807) is 11.9 Å². The topological polar surface area (TPSA) is 89.9 Å². The molecule has 0 aliphatic rings. The van der Waals surface area contributed by atoms with Gasteiger partial charge in [0.25, 0.3) is 0 Å². The van der Waals surface area contributed by atoms with Gasteiger partial charge in [0.2, 0.25) is 5.91 Å². The molecule has 0 aliphatic carbocycles. The van der Waals surface area contributed by atoms with Crippen LogP contribution in [0, 0.1) is 0 Å². The Balaban J connectivity index is 2.52. The number of likely N-dealkylation sites (N-methyl/N-ethyl adjacent to an activating group) is 1. The number of phenols is 2. The Labute approximate surface area is 118 Å². The number of benzene rings is 1. The van der Waals surface area contributed by atoms with Crippen molar-refractivity contribution in [3.8, 4) is 11.5 Å². The van der Waals surface area contributed by atoms with Gasteiger partial charge in [0.15, 0.2) is 17.3 Å². The predicted octanol–water partition coefficient (Wildman–Crippen LogP) is 0.738. The highest BCUT2D eigenvalue weighted by Crippen LogP contribution is 2.24. The summed E-state index contributed by atoms with van der Waals surface area (Å²) < 4.78 is 0. The van der Waals surface area contributed by atoms with Gasteiger partial charge >= 0.3 is 0 Å². The van der Waals surface area contributed by atoms with Crippen LogP contribution in [-0.2, 0) is 4.79 Å². The lowest BCUT2D eigenvalue weighted by atomic mass is 10.1. The highest BCUT2D eigenvalue weighted by Gasteiger charge is 2.13. The smallest absolute Gasteiger partial charge is 0.234 e. The Bertz CT molecular complexity index is 488. The Kier molecular flexibility index (Phi) is 5.99. The van der Waals surface area contributed by atoms with Crippen molar-refractivity contribution in [1.29, 1.82) is 0 Å². The average molecular weight is 280 g/mol. The Morgan fingerprint density at radius 2 is 1.90 bits per heavy atom. The number of ketones is 1. The highest BCUT2D eigenvalue weighted by atomic mass is 16.3. The second-order valence-corrected chi connectivity index (χ2v) is 4.65. The van der Waals surface area contributed by atoms with E-state index in [1.165, 1.54) is 18.2 Å². The number of nitrogens with one attached hydrogen (secondary N) is 1. The maximum absolute atomic E-state index is 11.9. The molecule has 3 N–H and O–H groups in total. The molecule has 0 heterocycles. The van der Waals surface area contributed by atoms with Crippen LogP contribution in [0.25, 0.3) is 0 Å². The first-order chi connectivity index (χ1) is 9.43. The van der Waals surface area contributed by atoms with E-state index in [-0.39, 0.29) is 36.3 Å². The quantitative estimate of drug-likeness (QED) is 0.506. The van der Waals surface area contributed by atoms with Gasteiger partial charge in [-0.15, -0.1) is 0 Å². The third-order valence-electron chi connectivity index (χ3n) is 2.70. The van der Waals surface area contributed by atoms with E-state index in [2.05, 4.69) is 5.32 Å². The molecule has 1 aromatic carbocycles. The summed E-state index contributed by atoms with van der Waals surface area (Å²) in [6.45, 7) is 2.77. The number of nitrogens with zero attached hydrogens (tertiary/aromatic N) is 1. The first kappa shape index (κ1) is 16.0. The van der Waals surface area contributed by atoms with E-state index in [4.69, 9.17) is 0 Å². The molecule has 1 amide bonds. The van der Waals surface area contributed by atoms with Crippen molar-refractivity contribution in [1.82, 2.24) is 10.2 Å². The Morgan fingerprint density at radius 1 is 1.20 bits per heavy atom. The zero-order valence-electron chi connectivity index (χ0n) is 11.7. The monoisotopic (exact) mass is 280 g/mol. The number of carbonyl (C=O) groups is 2. The predicted molar refractivity (Wildman–Crippen MR) is 74.9 cm³/mol. The van der Waals surface area contributed by atoms with E-state index in [1.807, 2.05) is 6.92 Å². The van der Waals surface area contributed by atoms with Crippen molar-refractivity contribution in [3.05, 3.63) is 23.8 Å². The van der Waals surface area contributed by atoms with Crippen LogP contribution in [0.15, 0.2) is 18.2 Å². The van der Waals surface area contributed by atoms with Crippen LogP contribution >= 0.6 is 0 Å². The molecule has 0 fully saturated rings. The maximum Gasteiger partial charge on any atom is 0.234 e. The third-order valence-corrected chi connectivity index (χ3v) is 2.70. The molecule has 0 saturated carbocycles. The second kappa shape index (κ2) is 7.49. The van der Waals surface area contributed by atoms with Gasteiger partial charge in [-0.25, -0.2) is 0 Å². The van der Waals surface area contributed by atoms with Crippen LogP contribution in [0.1, 0.15) is 23.7 Å². The van der Waals surface area contributed by atoms with Crippen LogP contribution in [0.3, 0.4) is 0 Å². The summed E-state index contributed by atoms with van der Waals surface area (Å²) in [7, 11) is 1.67. The minimum absolute atomic E-state index is 0.0593. The fraction of sp³-hybridized carbons (Fsp3) is 0.429. The lowest BCUT2D eigenvalue weighted by Gasteiger charge is -2.15. The first-order valence-electron chi connectivity index (χ1n) is 6.44. The summed E-state index contributed by atoms with van der Waals surface area (Å²) in [5, 5.41) is 21.3. The molecule has 110 valence electrons. The van der Waals surface area contributed by atoms with Crippen molar-refractivity contribution in [2.75, 3.05) is 26.7 Å². The number of aromatic hydroxyl groups is 2. The fourth-order valence-corrected chi connectivity index (χ4v) is 1.65. The SMILES string of the molecule is CCCNC(=O)CN(C)CC(=O)c1ccc(O)c(O)c1. The average Bonchev–Trinajstić information content (AvgIpc) is 2.39. The number of Topliss-reactive ketones (excluding diaryl/α,β-unsaturated/α-hetero) is 1. The standard InChI is InChI=1S/C14H20N2O4/c1-3-6-15-14(20)9-16(2)8-13(19)10-4-5-11(17)12(18)7-10/h4-5,7,17-18H,3,6,8-9H2,1-2H3,(H,15,20). The van der Waals surface area contributed by atoms with Crippen molar-refractivity contribution in [3.63, 3.8) is 0 Å². The number of hydrogen-bond acceptors (Lipinski definition) is 5. The second-order valence-electron chi connectivity index (χ2n) is 4.65. The van der Waals surface area contributed by atoms with Gasteiger partial charge in [0.1, 0.15) is 0 Å². The molecule has 0 radical (unpaired) electrons. The van der Waals surface area contributed by atoms with E-state index < -0.39 is 0 Å². The van der Waals surface area contributed by atoms with E-state index in [0.717, 1.165) is 6.42 Å². The molecule has 1 rings (SSSR count). The molecule has 0 unspecified atom stereocenters. The van der Waals surface area contributed by atoms with E-state index in [0.29, 0.717) is 12.1 Å². The Morgan fingerprint density at radius 3 is 2.50 bits per heavy atom. The normalized spacial score (nSPS) is 10.6.